The Hall–Kier alpha value is -1.59. The van der Waals surface area contributed by atoms with E-state index in [-0.39, 0.29) is 11.8 Å². The van der Waals surface area contributed by atoms with Crippen molar-refractivity contribution in [3.63, 3.8) is 0 Å². The summed E-state index contributed by atoms with van der Waals surface area (Å²) in [5.41, 5.74) is 2.10. The second kappa shape index (κ2) is 6.03. The summed E-state index contributed by atoms with van der Waals surface area (Å²) in [7, 11) is 1.37. The predicted octanol–water partition coefficient (Wildman–Crippen LogP) is 2.91. The van der Waals surface area contributed by atoms with Crippen molar-refractivity contribution in [3.8, 4) is 0 Å². The van der Waals surface area contributed by atoms with Crippen LogP contribution in [0.25, 0.3) is 10.9 Å². The van der Waals surface area contributed by atoms with Crippen LogP contribution < -0.4 is 0 Å². The Morgan fingerprint density at radius 3 is 2.90 bits per heavy atom. The summed E-state index contributed by atoms with van der Waals surface area (Å²) in [6, 6.07) is 4.03. The maximum absolute atomic E-state index is 11.8. The van der Waals surface area contributed by atoms with E-state index in [1.165, 1.54) is 7.11 Å². The lowest BCUT2D eigenvalue weighted by molar-refractivity contribution is 0.0600. The minimum absolute atomic E-state index is 0.254. The molecule has 1 fully saturated rings. The van der Waals surface area contributed by atoms with Crippen LogP contribution in [0.4, 0.5) is 0 Å². The highest BCUT2D eigenvalue weighted by molar-refractivity contribution is 6.18. The number of fused-ring (bicyclic) bond motifs is 1. The maximum atomic E-state index is 11.8. The van der Waals surface area contributed by atoms with Gasteiger partial charge in [-0.05, 0) is 30.5 Å². The number of alkyl halides is 1. The third-order valence-electron chi connectivity index (χ3n) is 3.86. The highest BCUT2D eigenvalue weighted by atomic mass is 35.5. The van der Waals surface area contributed by atoms with Gasteiger partial charge in [0, 0.05) is 30.7 Å². The molecule has 2 heterocycles. The molecule has 0 radical (unpaired) electrons. The average Bonchev–Trinajstić information content (AvgIpc) is 2.96. The second-order valence-electron chi connectivity index (χ2n) is 5.15. The second-order valence-corrected chi connectivity index (χ2v) is 5.41. The zero-order valence-electron chi connectivity index (χ0n) is 11.8. The molecule has 3 rings (SSSR count). The van der Waals surface area contributed by atoms with Crippen molar-refractivity contribution in [2.75, 3.05) is 20.3 Å². The van der Waals surface area contributed by atoms with Gasteiger partial charge in [0.25, 0.3) is 0 Å². The highest BCUT2D eigenvalue weighted by Crippen LogP contribution is 2.26. The van der Waals surface area contributed by atoms with Crippen molar-refractivity contribution in [2.45, 2.75) is 24.8 Å². The molecule has 0 unspecified atom stereocenters. The molecule has 112 valence electrons. The van der Waals surface area contributed by atoms with E-state index < -0.39 is 0 Å². The van der Waals surface area contributed by atoms with Crippen molar-refractivity contribution in [2.24, 2.45) is 0 Å². The molecule has 1 aliphatic heterocycles. The number of halogens is 1. The smallest absolute Gasteiger partial charge is 0.338 e. The minimum Gasteiger partial charge on any atom is -0.465 e. The number of hydrogen-bond donors (Lipinski definition) is 0. The molecule has 0 N–H and O–H groups in total. The van der Waals surface area contributed by atoms with Crippen molar-refractivity contribution in [1.82, 2.24) is 9.78 Å². The Labute approximate surface area is 127 Å². The predicted molar refractivity (Wildman–Crippen MR) is 79.7 cm³/mol. The van der Waals surface area contributed by atoms with Crippen LogP contribution in [-0.2, 0) is 15.4 Å². The first kappa shape index (κ1) is 14.4. The van der Waals surface area contributed by atoms with Crippen LogP contribution in [0.5, 0.6) is 0 Å². The van der Waals surface area contributed by atoms with Crippen LogP contribution in [0.1, 0.15) is 34.8 Å². The quantitative estimate of drug-likeness (QED) is 0.646. The molecular formula is C15H17ClN2O3. The first-order valence-corrected chi connectivity index (χ1v) is 7.50. The number of hydrogen-bond acceptors (Lipinski definition) is 4. The molecule has 0 spiro atoms. The van der Waals surface area contributed by atoms with Gasteiger partial charge in [0.15, 0.2) is 0 Å². The van der Waals surface area contributed by atoms with Crippen molar-refractivity contribution >= 4 is 28.5 Å². The maximum Gasteiger partial charge on any atom is 0.338 e. The van der Waals surface area contributed by atoms with Crippen LogP contribution in [0, 0.1) is 0 Å². The Balaban J connectivity index is 2.02. The number of rotatable bonds is 3. The lowest BCUT2D eigenvalue weighted by atomic mass is 10.1. The summed E-state index contributed by atoms with van der Waals surface area (Å²) in [6.07, 6.45) is 3.90. The molecule has 2 aromatic rings. The Kier molecular flexibility index (Phi) is 4.12. The molecule has 0 bridgehead atoms. The average molecular weight is 309 g/mol. The van der Waals surface area contributed by atoms with Crippen LogP contribution in [0.3, 0.4) is 0 Å². The zero-order valence-corrected chi connectivity index (χ0v) is 12.6. The number of benzene rings is 1. The van der Waals surface area contributed by atoms with Gasteiger partial charge in [-0.15, -0.1) is 11.6 Å². The molecule has 1 aromatic carbocycles. The van der Waals surface area contributed by atoms with Gasteiger partial charge in [-0.25, -0.2) is 4.79 Å². The third-order valence-corrected chi connectivity index (χ3v) is 4.15. The van der Waals surface area contributed by atoms with Crippen molar-refractivity contribution in [3.05, 3.63) is 29.5 Å². The molecule has 1 saturated heterocycles. The van der Waals surface area contributed by atoms with Gasteiger partial charge in [0.1, 0.15) is 0 Å². The normalized spacial score (nSPS) is 16.3. The first-order chi connectivity index (χ1) is 10.2. The summed E-state index contributed by atoms with van der Waals surface area (Å²) >= 11 is 5.93. The molecular weight excluding hydrogens is 292 g/mol. The number of methoxy groups -OCH3 is 1. The minimum atomic E-state index is -0.369. The zero-order chi connectivity index (χ0) is 14.8. The number of carbonyl (C=O) groups excluding carboxylic acids is 1. The van der Waals surface area contributed by atoms with E-state index in [0.29, 0.717) is 11.6 Å². The monoisotopic (exact) mass is 308 g/mol. The molecule has 1 aromatic heterocycles. The molecule has 6 heteroatoms. The molecule has 0 aliphatic carbocycles. The number of nitrogens with zero attached hydrogens (tertiary/aromatic N) is 2. The van der Waals surface area contributed by atoms with Gasteiger partial charge < -0.3 is 9.47 Å². The Morgan fingerprint density at radius 2 is 2.24 bits per heavy atom. The summed E-state index contributed by atoms with van der Waals surface area (Å²) in [5, 5.41) is 5.55. The SMILES string of the molecule is COC(=O)c1cc2cn(C3CCOCC3)nc2cc1CCl. The van der Waals surface area contributed by atoms with Gasteiger partial charge in [0.05, 0.1) is 24.2 Å². The molecule has 5 nitrogen and oxygen atoms in total. The first-order valence-electron chi connectivity index (χ1n) is 6.96. The number of carbonyl (C=O) groups is 1. The number of ether oxygens (including phenoxy) is 2. The van der Waals surface area contributed by atoms with E-state index in [2.05, 4.69) is 5.10 Å². The van der Waals surface area contributed by atoms with E-state index in [4.69, 9.17) is 21.1 Å². The van der Waals surface area contributed by atoms with Crippen LogP contribution >= 0.6 is 11.6 Å². The summed E-state index contributed by atoms with van der Waals surface area (Å²) in [6.45, 7) is 1.53. The largest absolute Gasteiger partial charge is 0.465 e. The summed E-state index contributed by atoms with van der Waals surface area (Å²) in [4.78, 5) is 11.8. The lowest BCUT2D eigenvalue weighted by Gasteiger charge is -2.22. The fourth-order valence-corrected chi connectivity index (χ4v) is 2.90. The Morgan fingerprint density at radius 1 is 1.48 bits per heavy atom. The fourth-order valence-electron chi connectivity index (χ4n) is 2.68. The van der Waals surface area contributed by atoms with E-state index in [9.17, 15) is 4.79 Å². The molecule has 0 amide bonds. The topological polar surface area (TPSA) is 53.4 Å². The van der Waals surface area contributed by atoms with Crippen LogP contribution in [0.15, 0.2) is 18.3 Å². The molecule has 0 atom stereocenters. The van der Waals surface area contributed by atoms with Crippen LogP contribution in [-0.4, -0.2) is 36.1 Å². The number of esters is 1. The lowest BCUT2D eigenvalue weighted by Crippen LogP contribution is -2.19. The van der Waals surface area contributed by atoms with Gasteiger partial charge in [-0.3, -0.25) is 4.68 Å². The van der Waals surface area contributed by atoms with Gasteiger partial charge in [-0.2, -0.15) is 5.10 Å². The Bertz CT molecular complexity index is 662. The fraction of sp³-hybridized carbons (Fsp3) is 0.467. The summed E-state index contributed by atoms with van der Waals surface area (Å²) in [5.74, 6) is -0.115. The standard InChI is InChI=1S/C15H17ClN2O3/c1-20-15(19)13-6-11-9-18(12-2-4-21-5-3-12)17-14(11)7-10(13)8-16/h6-7,9,12H,2-5,8H2,1H3. The molecule has 21 heavy (non-hydrogen) atoms. The summed E-state index contributed by atoms with van der Waals surface area (Å²) < 4.78 is 12.2. The van der Waals surface area contributed by atoms with Crippen molar-refractivity contribution < 1.29 is 14.3 Å². The van der Waals surface area contributed by atoms with Gasteiger partial charge in [-0.1, -0.05) is 0 Å². The van der Waals surface area contributed by atoms with Gasteiger partial charge in [0.2, 0.25) is 0 Å². The highest BCUT2D eigenvalue weighted by Gasteiger charge is 2.19. The molecule has 0 saturated carbocycles. The van der Waals surface area contributed by atoms with Gasteiger partial charge >= 0.3 is 5.97 Å². The van der Waals surface area contributed by atoms with E-state index in [1.807, 2.05) is 23.0 Å². The van der Waals surface area contributed by atoms with E-state index in [0.717, 1.165) is 42.5 Å². The molecule has 1 aliphatic rings. The van der Waals surface area contributed by atoms with E-state index >= 15 is 0 Å². The van der Waals surface area contributed by atoms with E-state index in [1.54, 1.807) is 0 Å². The van der Waals surface area contributed by atoms with Crippen molar-refractivity contribution in [1.29, 1.82) is 0 Å². The third kappa shape index (κ3) is 2.76. The van der Waals surface area contributed by atoms with Crippen LogP contribution in [0.2, 0.25) is 0 Å². The number of aromatic nitrogens is 2.